The molecule has 0 aromatic carbocycles. The molecular formula is C13H23FIN3O2. The Bertz CT molecular complexity index is 347. The minimum atomic E-state index is -0.346. The molecule has 0 saturated heterocycles. The number of methoxy groups -OCH3 is 1. The van der Waals surface area contributed by atoms with Gasteiger partial charge in [-0.05, 0) is 18.6 Å². The van der Waals surface area contributed by atoms with E-state index in [1.807, 2.05) is 12.1 Å². The van der Waals surface area contributed by atoms with Crippen LogP contribution in [0.3, 0.4) is 0 Å². The maximum Gasteiger partial charge on any atom is 0.191 e. The van der Waals surface area contributed by atoms with Crippen molar-refractivity contribution in [1.82, 2.24) is 10.6 Å². The van der Waals surface area contributed by atoms with Gasteiger partial charge in [-0.2, -0.15) is 0 Å². The molecule has 0 unspecified atom stereocenters. The second-order valence-corrected chi connectivity index (χ2v) is 3.95. The first-order valence-electron chi connectivity index (χ1n) is 6.46. The minimum Gasteiger partial charge on any atom is -0.469 e. The van der Waals surface area contributed by atoms with Gasteiger partial charge in [0.25, 0.3) is 0 Å². The summed E-state index contributed by atoms with van der Waals surface area (Å²) in [5, 5.41) is 6.30. The first kappa shape index (κ1) is 19.2. The lowest BCUT2D eigenvalue weighted by molar-refractivity contribution is 0.203. The predicted octanol–water partition coefficient (Wildman–Crippen LogP) is 1.98. The lowest BCUT2D eigenvalue weighted by atomic mass is 10.3. The summed E-state index contributed by atoms with van der Waals surface area (Å²) in [6.07, 6.45) is 2.87. The number of ether oxygens (including phenoxy) is 1. The summed E-state index contributed by atoms with van der Waals surface area (Å²) in [7, 11) is 1.64. The van der Waals surface area contributed by atoms with E-state index in [0.29, 0.717) is 38.6 Å². The third-order valence-corrected chi connectivity index (χ3v) is 2.40. The van der Waals surface area contributed by atoms with Crippen LogP contribution < -0.4 is 10.6 Å². The highest BCUT2D eigenvalue weighted by Crippen LogP contribution is 1.99. The van der Waals surface area contributed by atoms with Crippen LogP contribution in [0, 0.1) is 0 Å². The number of alkyl halides is 1. The van der Waals surface area contributed by atoms with Crippen LogP contribution in [0.15, 0.2) is 27.8 Å². The molecule has 2 N–H and O–H groups in total. The molecule has 7 heteroatoms. The largest absolute Gasteiger partial charge is 0.469 e. The Morgan fingerprint density at radius 3 is 2.85 bits per heavy atom. The van der Waals surface area contributed by atoms with E-state index in [4.69, 9.17) is 9.15 Å². The van der Waals surface area contributed by atoms with Crippen molar-refractivity contribution < 1.29 is 13.5 Å². The molecule has 5 nitrogen and oxygen atoms in total. The number of nitrogens with one attached hydrogen (secondary N) is 2. The van der Waals surface area contributed by atoms with E-state index >= 15 is 0 Å². The smallest absolute Gasteiger partial charge is 0.191 e. The van der Waals surface area contributed by atoms with Crippen LogP contribution in [-0.2, 0) is 11.2 Å². The van der Waals surface area contributed by atoms with E-state index in [9.17, 15) is 4.39 Å². The molecule has 1 aromatic heterocycles. The number of nitrogens with zero attached hydrogens (tertiary/aromatic N) is 1. The van der Waals surface area contributed by atoms with Gasteiger partial charge in [0.15, 0.2) is 5.96 Å². The molecule has 0 saturated carbocycles. The zero-order valence-corrected chi connectivity index (χ0v) is 14.1. The van der Waals surface area contributed by atoms with Gasteiger partial charge in [0.1, 0.15) is 5.76 Å². The first-order valence-corrected chi connectivity index (χ1v) is 6.46. The lowest BCUT2D eigenvalue weighted by Gasteiger charge is -2.11. The maximum atomic E-state index is 12.0. The second kappa shape index (κ2) is 13.2. The average molecular weight is 399 g/mol. The summed E-state index contributed by atoms with van der Waals surface area (Å²) in [5.41, 5.74) is 0. The van der Waals surface area contributed by atoms with Crippen LogP contribution in [0.5, 0.6) is 0 Å². The molecule has 0 amide bonds. The molecule has 0 fully saturated rings. The lowest BCUT2D eigenvalue weighted by Crippen LogP contribution is -2.40. The molecule has 116 valence electrons. The van der Waals surface area contributed by atoms with E-state index in [1.54, 1.807) is 13.4 Å². The average Bonchev–Trinajstić information content (AvgIpc) is 2.92. The third kappa shape index (κ3) is 9.13. The summed E-state index contributed by atoms with van der Waals surface area (Å²) >= 11 is 0. The molecule has 0 spiro atoms. The highest BCUT2D eigenvalue weighted by molar-refractivity contribution is 14.0. The minimum absolute atomic E-state index is 0. The van der Waals surface area contributed by atoms with Gasteiger partial charge in [-0.3, -0.25) is 9.38 Å². The molecule has 1 rings (SSSR count). The van der Waals surface area contributed by atoms with Crippen LogP contribution >= 0.6 is 24.0 Å². The Hall–Kier alpha value is -0.830. The number of hydrogen-bond acceptors (Lipinski definition) is 3. The van der Waals surface area contributed by atoms with Crippen molar-refractivity contribution in [2.75, 3.05) is 40.0 Å². The molecule has 0 aliphatic rings. The van der Waals surface area contributed by atoms with Gasteiger partial charge in [-0.1, -0.05) is 0 Å². The Balaban J connectivity index is 0.00000361. The Labute approximate surface area is 136 Å². The molecule has 1 aromatic rings. The molecule has 0 radical (unpaired) electrons. The highest BCUT2D eigenvalue weighted by Gasteiger charge is 1.99. The number of halogens is 2. The third-order valence-electron chi connectivity index (χ3n) is 2.40. The predicted molar refractivity (Wildman–Crippen MR) is 88.6 cm³/mol. The number of rotatable bonds is 9. The van der Waals surface area contributed by atoms with Crippen molar-refractivity contribution in [2.24, 2.45) is 4.99 Å². The summed E-state index contributed by atoms with van der Waals surface area (Å²) in [6, 6.07) is 3.79. The van der Waals surface area contributed by atoms with Crippen LogP contribution in [0.2, 0.25) is 0 Å². The van der Waals surface area contributed by atoms with Crippen LogP contribution in [0.4, 0.5) is 4.39 Å². The quantitative estimate of drug-likeness (QED) is 0.289. The van der Waals surface area contributed by atoms with Gasteiger partial charge < -0.3 is 19.8 Å². The Morgan fingerprint density at radius 1 is 1.40 bits per heavy atom. The summed E-state index contributed by atoms with van der Waals surface area (Å²) in [5.74, 6) is 1.60. The highest BCUT2D eigenvalue weighted by atomic mass is 127. The fourth-order valence-corrected chi connectivity index (χ4v) is 1.46. The molecule has 0 aliphatic heterocycles. The van der Waals surface area contributed by atoms with Crippen LogP contribution in [0.25, 0.3) is 0 Å². The Morgan fingerprint density at radius 2 is 2.20 bits per heavy atom. The number of furan rings is 1. The zero-order valence-electron chi connectivity index (χ0n) is 11.7. The normalized spacial score (nSPS) is 11.0. The number of hydrogen-bond donors (Lipinski definition) is 2. The second-order valence-electron chi connectivity index (χ2n) is 3.95. The van der Waals surface area contributed by atoms with Crippen LogP contribution in [-0.4, -0.2) is 46.0 Å². The van der Waals surface area contributed by atoms with Crippen molar-refractivity contribution in [3.05, 3.63) is 24.2 Å². The van der Waals surface area contributed by atoms with Crippen molar-refractivity contribution in [3.8, 4) is 0 Å². The van der Waals surface area contributed by atoms with Gasteiger partial charge in [-0.25, -0.2) is 0 Å². The van der Waals surface area contributed by atoms with Gasteiger partial charge in [0.05, 0.1) is 19.5 Å². The standard InChI is InChI=1S/C13H22FN3O2.HI/c1-18-11-9-17-13(15-7-3-6-14)16-8-5-12-4-2-10-19-12;/h2,4,10H,3,5-9,11H2,1H3,(H2,15,16,17);1H. The number of guanidine groups is 1. The molecule has 0 bridgehead atoms. The van der Waals surface area contributed by atoms with E-state index in [1.165, 1.54) is 0 Å². The first-order chi connectivity index (χ1) is 9.36. The molecule has 0 aliphatic carbocycles. The van der Waals surface area contributed by atoms with Gasteiger partial charge in [0.2, 0.25) is 0 Å². The van der Waals surface area contributed by atoms with Gasteiger partial charge in [0, 0.05) is 33.2 Å². The Kier molecular flexibility index (Phi) is 12.6. The van der Waals surface area contributed by atoms with E-state index in [0.717, 1.165) is 12.2 Å². The fourth-order valence-electron chi connectivity index (χ4n) is 1.46. The van der Waals surface area contributed by atoms with E-state index in [2.05, 4.69) is 15.6 Å². The zero-order chi connectivity index (χ0) is 13.8. The summed E-state index contributed by atoms with van der Waals surface area (Å²) < 4.78 is 22.2. The molecular weight excluding hydrogens is 376 g/mol. The van der Waals surface area contributed by atoms with E-state index in [-0.39, 0.29) is 30.7 Å². The molecule has 20 heavy (non-hydrogen) atoms. The molecule has 0 atom stereocenters. The SMILES string of the molecule is COCCNC(=NCCCF)NCCc1ccco1.I. The topological polar surface area (TPSA) is 58.8 Å². The van der Waals surface area contributed by atoms with Crippen molar-refractivity contribution in [1.29, 1.82) is 0 Å². The fraction of sp³-hybridized carbons (Fsp3) is 0.615. The summed E-state index contributed by atoms with van der Waals surface area (Å²) in [4.78, 5) is 4.27. The monoisotopic (exact) mass is 399 g/mol. The van der Waals surface area contributed by atoms with Gasteiger partial charge in [-0.15, -0.1) is 24.0 Å². The van der Waals surface area contributed by atoms with Crippen molar-refractivity contribution in [2.45, 2.75) is 12.8 Å². The van der Waals surface area contributed by atoms with Crippen LogP contribution in [0.1, 0.15) is 12.2 Å². The summed E-state index contributed by atoms with van der Waals surface area (Å²) in [6.45, 7) is 2.10. The molecule has 1 heterocycles. The number of aliphatic imine (C=N–C) groups is 1. The van der Waals surface area contributed by atoms with Crippen molar-refractivity contribution in [3.63, 3.8) is 0 Å². The van der Waals surface area contributed by atoms with Gasteiger partial charge >= 0.3 is 0 Å². The maximum absolute atomic E-state index is 12.0. The van der Waals surface area contributed by atoms with Crippen molar-refractivity contribution >= 4 is 29.9 Å². The van der Waals surface area contributed by atoms with E-state index < -0.39 is 0 Å².